The molecule has 0 radical (unpaired) electrons. The summed E-state index contributed by atoms with van der Waals surface area (Å²) in [5.41, 5.74) is 2.48. The van der Waals surface area contributed by atoms with Crippen LogP contribution in [-0.4, -0.2) is 26.3 Å². The van der Waals surface area contributed by atoms with Crippen molar-refractivity contribution in [2.75, 3.05) is 20.3 Å². The molecule has 4 nitrogen and oxygen atoms in total. The van der Waals surface area contributed by atoms with Crippen molar-refractivity contribution in [2.45, 2.75) is 25.7 Å². The molecule has 0 bridgehead atoms. The predicted molar refractivity (Wildman–Crippen MR) is 73.1 cm³/mol. The molecule has 5 heteroatoms. The fourth-order valence-electron chi connectivity index (χ4n) is 2.71. The topological polar surface area (TPSA) is 44.8 Å². The first kappa shape index (κ1) is 12.8. The summed E-state index contributed by atoms with van der Waals surface area (Å²) < 4.78 is 17.3. The number of rotatable bonds is 1. The molecule has 0 saturated heterocycles. The van der Waals surface area contributed by atoms with Gasteiger partial charge < -0.3 is 14.2 Å². The number of esters is 1. The Hall–Kier alpha value is -1.23. The molecule has 102 valence electrons. The van der Waals surface area contributed by atoms with Gasteiger partial charge in [-0.25, -0.2) is 4.79 Å². The van der Waals surface area contributed by atoms with E-state index in [2.05, 4.69) is 15.9 Å². The van der Waals surface area contributed by atoms with Crippen LogP contribution in [0.1, 0.15) is 34.3 Å². The van der Waals surface area contributed by atoms with Crippen LogP contribution < -0.4 is 9.47 Å². The van der Waals surface area contributed by atoms with Gasteiger partial charge >= 0.3 is 5.97 Å². The smallest absolute Gasteiger partial charge is 0.342 e. The Balaban J connectivity index is 2.28. The lowest BCUT2D eigenvalue weighted by atomic mass is 9.93. The number of hydrogen-bond acceptors (Lipinski definition) is 4. The molecule has 2 aliphatic rings. The molecule has 0 spiro atoms. The Morgan fingerprint density at radius 3 is 2.42 bits per heavy atom. The third kappa shape index (κ3) is 2.00. The van der Waals surface area contributed by atoms with E-state index in [0.717, 1.165) is 47.0 Å². The maximum Gasteiger partial charge on any atom is 0.342 e. The highest BCUT2D eigenvalue weighted by molar-refractivity contribution is 9.10. The monoisotopic (exact) mass is 326 g/mol. The van der Waals surface area contributed by atoms with Crippen LogP contribution >= 0.6 is 15.9 Å². The molecule has 0 aliphatic carbocycles. The molecule has 0 N–H and O–H groups in total. The largest absolute Gasteiger partial charge is 0.492 e. The van der Waals surface area contributed by atoms with Crippen LogP contribution in [0.15, 0.2) is 4.47 Å². The second-order valence-corrected chi connectivity index (χ2v) is 5.49. The van der Waals surface area contributed by atoms with Crippen molar-refractivity contribution >= 4 is 21.9 Å². The summed E-state index contributed by atoms with van der Waals surface area (Å²) in [5.74, 6) is 1.12. The number of carbonyl (C=O) groups excluding carboxylic acids is 1. The number of hydrogen-bond donors (Lipinski definition) is 0. The molecular formula is C14H15BrO4. The first-order valence-corrected chi connectivity index (χ1v) is 7.24. The highest BCUT2D eigenvalue weighted by atomic mass is 79.9. The van der Waals surface area contributed by atoms with Gasteiger partial charge in [-0.3, -0.25) is 0 Å². The molecule has 1 aromatic rings. The van der Waals surface area contributed by atoms with Gasteiger partial charge in [-0.1, -0.05) is 0 Å². The van der Waals surface area contributed by atoms with E-state index in [1.165, 1.54) is 7.11 Å². The van der Waals surface area contributed by atoms with Crippen molar-refractivity contribution < 1.29 is 19.0 Å². The maximum atomic E-state index is 12.1. The SMILES string of the molecule is COC(=O)c1c2c(c(Br)c3c1OCCC3)OCCC2. The first-order chi connectivity index (χ1) is 9.24. The minimum atomic E-state index is -0.340. The fraction of sp³-hybridized carbons (Fsp3) is 0.500. The molecule has 2 aliphatic heterocycles. The lowest BCUT2D eigenvalue weighted by molar-refractivity contribution is 0.0591. The molecule has 0 aromatic heterocycles. The van der Waals surface area contributed by atoms with E-state index in [4.69, 9.17) is 14.2 Å². The summed E-state index contributed by atoms with van der Waals surface area (Å²) in [6.07, 6.45) is 3.55. The van der Waals surface area contributed by atoms with Gasteiger partial charge in [-0.05, 0) is 41.6 Å². The van der Waals surface area contributed by atoms with Crippen LogP contribution in [0.5, 0.6) is 11.5 Å². The molecule has 0 atom stereocenters. The number of ether oxygens (including phenoxy) is 3. The summed E-state index contributed by atoms with van der Waals surface area (Å²) >= 11 is 3.60. The summed E-state index contributed by atoms with van der Waals surface area (Å²) in [5, 5.41) is 0. The quantitative estimate of drug-likeness (QED) is 0.744. The van der Waals surface area contributed by atoms with E-state index in [9.17, 15) is 4.79 Å². The Bertz CT molecular complexity index is 502. The standard InChI is InChI=1S/C14H15BrO4/c1-17-14(16)10-8-4-2-7-19-13(8)11(15)9-5-3-6-18-12(9)10/h2-7H2,1H3. The fourth-order valence-corrected chi connectivity index (χ4v) is 3.44. The highest BCUT2D eigenvalue weighted by Crippen LogP contribution is 2.46. The van der Waals surface area contributed by atoms with Crippen LogP contribution in [0.2, 0.25) is 0 Å². The maximum absolute atomic E-state index is 12.1. The number of fused-ring (bicyclic) bond motifs is 2. The van der Waals surface area contributed by atoms with Crippen molar-refractivity contribution in [1.82, 2.24) is 0 Å². The zero-order chi connectivity index (χ0) is 13.4. The normalized spacial score (nSPS) is 16.7. The number of carbonyl (C=O) groups is 1. The van der Waals surface area contributed by atoms with Crippen LogP contribution in [0.4, 0.5) is 0 Å². The van der Waals surface area contributed by atoms with E-state index < -0.39 is 0 Å². The van der Waals surface area contributed by atoms with Crippen LogP contribution in [-0.2, 0) is 17.6 Å². The third-order valence-electron chi connectivity index (χ3n) is 3.57. The molecule has 0 saturated carbocycles. The zero-order valence-corrected chi connectivity index (χ0v) is 12.3. The van der Waals surface area contributed by atoms with E-state index in [1.54, 1.807) is 0 Å². The lowest BCUT2D eigenvalue weighted by Gasteiger charge is -2.28. The van der Waals surface area contributed by atoms with E-state index in [0.29, 0.717) is 24.5 Å². The van der Waals surface area contributed by atoms with Gasteiger partial charge in [0.2, 0.25) is 0 Å². The summed E-state index contributed by atoms with van der Waals surface area (Å²) in [7, 11) is 1.40. The Kier molecular flexibility index (Phi) is 3.39. The average molecular weight is 327 g/mol. The van der Waals surface area contributed by atoms with Gasteiger partial charge in [0.25, 0.3) is 0 Å². The molecule has 2 heterocycles. The van der Waals surface area contributed by atoms with Crippen molar-refractivity contribution in [3.05, 3.63) is 21.2 Å². The van der Waals surface area contributed by atoms with Crippen molar-refractivity contribution in [3.8, 4) is 11.5 Å². The van der Waals surface area contributed by atoms with Crippen LogP contribution in [0.3, 0.4) is 0 Å². The molecule has 0 amide bonds. The summed E-state index contributed by atoms with van der Waals surface area (Å²) in [6, 6.07) is 0. The van der Waals surface area contributed by atoms with E-state index >= 15 is 0 Å². The van der Waals surface area contributed by atoms with Gasteiger partial charge in [0.05, 0.1) is 24.8 Å². The molecule has 0 unspecified atom stereocenters. The molecule has 19 heavy (non-hydrogen) atoms. The van der Waals surface area contributed by atoms with Gasteiger partial charge in [-0.15, -0.1) is 0 Å². The van der Waals surface area contributed by atoms with Crippen LogP contribution in [0, 0.1) is 0 Å². The zero-order valence-electron chi connectivity index (χ0n) is 10.8. The second-order valence-electron chi connectivity index (χ2n) is 4.70. The number of methoxy groups -OCH3 is 1. The molecule has 3 rings (SSSR count). The van der Waals surface area contributed by atoms with Crippen molar-refractivity contribution in [1.29, 1.82) is 0 Å². The van der Waals surface area contributed by atoms with Gasteiger partial charge in [0.1, 0.15) is 17.1 Å². The Labute approximate surface area is 120 Å². The number of halogens is 1. The lowest BCUT2D eigenvalue weighted by Crippen LogP contribution is -2.20. The second kappa shape index (κ2) is 5.04. The minimum Gasteiger partial charge on any atom is -0.492 e. The number of benzene rings is 1. The summed E-state index contributed by atoms with van der Waals surface area (Å²) in [6.45, 7) is 1.33. The summed E-state index contributed by atoms with van der Waals surface area (Å²) in [4.78, 5) is 12.1. The molecule has 1 aromatic carbocycles. The Morgan fingerprint density at radius 2 is 1.74 bits per heavy atom. The molecular weight excluding hydrogens is 312 g/mol. The Morgan fingerprint density at radius 1 is 1.11 bits per heavy atom. The third-order valence-corrected chi connectivity index (χ3v) is 4.40. The van der Waals surface area contributed by atoms with E-state index in [1.807, 2.05) is 0 Å². The highest BCUT2D eigenvalue weighted by Gasteiger charge is 2.31. The van der Waals surface area contributed by atoms with Gasteiger partial charge in [0.15, 0.2) is 0 Å². The van der Waals surface area contributed by atoms with Gasteiger partial charge in [-0.2, -0.15) is 0 Å². The van der Waals surface area contributed by atoms with E-state index in [-0.39, 0.29) is 5.97 Å². The predicted octanol–water partition coefficient (Wildman–Crippen LogP) is 2.89. The molecule has 0 fully saturated rings. The average Bonchev–Trinajstić information content (AvgIpc) is 2.47. The van der Waals surface area contributed by atoms with Crippen molar-refractivity contribution in [2.24, 2.45) is 0 Å². The minimum absolute atomic E-state index is 0.340. The van der Waals surface area contributed by atoms with Crippen LogP contribution in [0.25, 0.3) is 0 Å². The van der Waals surface area contributed by atoms with Gasteiger partial charge in [0, 0.05) is 11.1 Å². The first-order valence-electron chi connectivity index (χ1n) is 6.45. The van der Waals surface area contributed by atoms with Crippen molar-refractivity contribution in [3.63, 3.8) is 0 Å².